The zero-order valence-electron chi connectivity index (χ0n) is 17.2. The van der Waals surface area contributed by atoms with Crippen LogP contribution < -0.4 is 10.3 Å². The van der Waals surface area contributed by atoms with Crippen LogP contribution in [0.2, 0.25) is 0 Å². The average Bonchev–Trinajstić information content (AvgIpc) is 2.64. The van der Waals surface area contributed by atoms with Gasteiger partial charge < -0.3 is 4.74 Å². The topological polar surface area (TPSA) is 46.8 Å². The number of ether oxygens (including phenoxy) is 1. The highest BCUT2D eigenvalue weighted by atomic mass is 16.5. The standard InChI is InChI=1S/C23H29N3O2/c1-5-28-21-9-7-19(8-10-21)15-25(13-17(2)3)16-20-12-23(27)26-14-18(4)6-11-22(26)24-20/h6-12,14,17H,5,13,15-16H2,1-4H3. The van der Waals surface area contributed by atoms with Crippen molar-refractivity contribution in [3.8, 4) is 5.75 Å². The number of rotatable bonds is 8. The summed E-state index contributed by atoms with van der Waals surface area (Å²) in [6, 6.07) is 13.8. The zero-order valence-corrected chi connectivity index (χ0v) is 17.2. The third-order valence-electron chi connectivity index (χ3n) is 4.51. The molecule has 0 aliphatic carbocycles. The highest BCUT2D eigenvalue weighted by Gasteiger charge is 2.12. The van der Waals surface area contributed by atoms with Crippen molar-refractivity contribution >= 4 is 5.65 Å². The number of aromatic nitrogens is 2. The van der Waals surface area contributed by atoms with Gasteiger partial charge in [-0.2, -0.15) is 0 Å². The summed E-state index contributed by atoms with van der Waals surface area (Å²) in [6.07, 6.45) is 1.83. The van der Waals surface area contributed by atoms with Crippen LogP contribution in [0.3, 0.4) is 0 Å². The average molecular weight is 380 g/mol. The van der Waals surface area contributed by atoms with E-state index in [9.17, 15) is 4.79 Å². The lowest BCUT2D eigenvalue weighted by Crippen LogP contribution is -2.28. The van der Waals surface area contributed by atoms with Crippen LogP contribution >= 0.6 is 0 Å². The number of nitrogens with zero attached hydrogens (tertiary/aromatic N) is 3. The van der Waals surface area contributed by atoms with Crippen molar-refractivity contribution in [3.05, 3.63) is 75.8 Å². The van der Waals surface area contributed by atoms with E-state index in [1.54, 1.807) is 10.5 Å². The summed E-state index contributed by atoms with van der Waals surface area (Å²) in [5.41, 5.74) is 3.73. The Balaban J connectivity index is 1.81. The summed E-state index contributed by atoms with van der Waals surface area (Å²) >= 11 is 0. The lowest BCUT2D eigenvalue weighted by atomic mass is 10.1. The maximum Gasteiger partial charge on any atom is 0.258 e. The molecule has 0 saturated carbocycles. The Labute approximate surface area is 166 Å². The van der Waals surface area contributed by atoms with Gasteiger partial charge in [0.15, 0.2) is 0 Å². The van der Waals surface area contributed by atoms with Crippen LogP contribution in [0, 0.1) is 12.8 Å². The summed E-state index contributed by atoms with van der Waals surface area (Å²) < 4.78 is 7.14. The SMILES string of the molecule is CCOc1ccc(CN(Cc2cc(=O)n3cc(C)ccc3n2)CC(C)C)cc1. The van der Waals surface area contributed by atoms with Crippen LogP contribution in [0.4, 0.5) is 0 Å². The predicted octanol–water partition coefficient (Wildman–Crippen LogP) is 4.06. The summed E-state index contributed by atoms with van der Waals surface area (Å²) in [6.45, 7) is 11.4. The van der Waals surface area contributed by atoms with E-state index in [4.69, 9.17) is 9.72 Å². The maximum absolute atomic E-state index is 12.5. The molecule has 0 saturated heterocycles. The Morgan fingerprint density at radius 1 is 1.11 bits per heavy atom. The second kappa shape index (κ2) is 9.02. The number of aryl methyl sites for hydroxylation is 1. The normalized spacial score (nSPS) is 11.5. The van der Waals surface area contributed by atoms with Crippen LogP contribution in [-0.4, -0.2) is 27.4 Å². The molecule has 0 aliphatic rings. The summed E-state index contributed by atoms with van der Waals surface area (Å²) in [4.78, 5) is 19.5. The highest BCUT2D eigenvalue weighted by Crippen LogP contribution is 2.16. The van der Waals surface area contributed by atoms with Gasteiger partial charge in [-0.05, 0) is 49.1 Å². The lowest BCUT2D eigenvalue weighted by molar-refractivity contribution is 0.225. The first-order valence-corrected chi connectivity index (χ1v) is 9.87. The van der Waals surface area contributed by atoms with E-state index >= 15 is 0 Å². The van der Waals surface area contributed by atoms with E-state index < -0.39 is 0 Å². The summed E-state index contributed by atoms with van der Waals surface area (Å²) in [5, 5.41) is 0. The van der Waals surface area contributed by atoms with E-state index in [0.29, 0.717) is 24.7 Å². The van der Waals surface area contributed by atoms with Crippen molar-refractivity contribution in [3.63, 3.8) is 0 Å². The number of pyridine rings is 1. The van der Waals surface area contributed by atoms with Crippen molar-refractivity contribution < 1.29 is 4.74 Å². The molecule has 0 unspecified atom stereocenters. The van der Waals surface area contributed by atoms with Gasteiger partial charge in [0, 0.05) is 31.9 Å². The fraction of sp³-hybridized carbons (Fsp3) is 0.391. The fourth-order valence-electron chi connectivity index (χ4n) is 3.39. The molecule has 148 valence electrons. The first-order valence-electron chi connectivity index (χ1n) is 9.87. The predicted molar refractivity (Wildman–Crippen MR) is 113 cm³/mol. The molecule has 0 amide bonds. The van der Waals surface area contributed by atoms with Crippen LogP contribution in [-0.2, 0) is 13.1 Å². The van der Waals surface area contributed by atoms with Crippen molar-refractivity contribution in [2.75, 3.05) is 13.2 Å². The molecule has 0 spiro atoms. The molecule has 0 N–H and O–H groups in total. The van der Waals surface area contributed by atoms with Crippen molar-refractivity contribution in [2.45, 2.75) is 40.8 Å². The van der Waals surface area contributed by atoms with Gasteiger partial charge in [-0.3, -0.25) is 14.1 Å². The van der Waals surface area contributed by atoms with E-state index in [0.717, 1.165) is 30.1 Å². The third kappa shape index (κ3) is 5.20. The van der Waals surface area contributed by atoms with E-state index in [-0.39, 0.29) is 5.56 Å². The van der Waals surface area contributed by atoms with Gasteiger partial charge in [0.2, 0.25) is 0 Å². The van der Waals surface area contributed by atoms with Crippen molar-refractivity contribution in [1.29, 1.82) is 0 Å². The first-order chi connectivity index (χ1) is 13.4. The molecule has 28 heavy (non-hydrogen) atoms. The molecule has 5 nitrogen and oxygen atoms in total. The monoisotopic (exact) mass is 379 g/mol. The lowest BCUT2D eigenvalue weighted by Gasteiger charge is -2.24. The van der Waals surface area contributed by atoms with Crippen molar-refractivity contribution in [1.82, 2.24) is 14.3 Å². The van der Waals surface area contributed by atoms with Gasteiger partial charge in [0.1, 0.15) is 11.4 Å². The van der Waals surface area contributed by atoms with Crippen LogP contribution in [0.5, 0.6) is 5.75 Å². The Morgan fingerprint density at radius 3 is 2.54 bits per heavy atom. The Kier molecular flexibility index (Phi) is 6.47. The van der Waals surface area contributed by atoms with Crippen LogP contribution in [0.1, 0.15) is 37.6 Å². The molecule has 0 atom stereocenters. The number of benzene rings is 1. The number of hydrogen-bond donors (Lipinski definition) is 0. The Hall–Kier alpha value is -2.66. The largest absolute Gasteiger partial charge is 0.494 e. The molecule has 1 aromatic carbocycles. The molecule has 2 heterocycles. The second-order valence-electron chi connectivity index (χ2n) is 7.66. The molecule has 3 aromatic rings. The minimum absolute atomic E-state index is 0.0331. The molecule has 2 aromatic heterocycles. The molecule has 0 aliphatic heterocycles. The van der Waals surface area contributed by atoms with Gasteiger partial charge in [-0.25, -0.2) is 4.98 Å². The zero-order chi connectivity index (χ0) is 20.1. The second-order valence-corrected chi connectivity index (χ2v) is 7.66. The van der Waals surface area contributed by atoms with Gasteiger partial charge in [-0.1, -0.05) is 32.0 Å². The maximum atomic E-state index is 12.5. The smallest absolute Gasteiger partial charge is 0.258 e. The molecule has 0 radical (unpaired) electrons. The van der Waals surface area contributed by atoms with Gasteiger partial charge >= 0.3 is 0 Å². The van der Waals surface area contributed by atoms with E-state index in [1.807, 2.05) is 44.3 Å². The van der Waals surface area contributed by atoms with Crippen LogP contribution in [0.25, 0.3) is 5.65 Å². The van der Waals surface area contributed by atoms with Crippen LogP contribution in [0.15, 0.2) is 53.5 Å². The Bertz CT molecular complexity index is 977. The molecule has 0 fully saturated rings. The molecular formula is C23H29N3O2. The molecule has 0 bridgehead atoms. The molecule has 3 rings (SSSR count). The van der Waals surface area contributed by atoms with E-state index in [2.05, 4.69) is 30.9 Å². The Morgan fingerprint density at radius 2 is 1.86 bits per heavy atom. The van der Waals surface area contributed by atoms with Gasteiger partial charge in [0.05, 0.1) is 12.3 Å². The third-order valence-corrected chi connectivity index (χ3v) is 4.51. The first kappa shape index (κ1) is 20.1. The molecule has 5 heteroatoms. The number of hydrogen-bond acceptors (Lipinski definition) is 4. The highest BCUT2D eigenvalue weighted by molar-refractivity contribution is 5.40. The fourth-order valence-corrected chi connectivity index (χ4v) is 3.39. The van der Waals surface area contributed by atoms with E-state index in [1.165, 1.54) is 5.56 Å². The van der Waals surface area contributed by atoms with Gasteiger partial charge in [0.25, 0.3) is 5.56 Å². The quantitative estimate of drug-likeness (QED) is 0.592. The summed E-state index contributed by atoms with van der Waals surface area (Å²) in [7, 11) is 0. The minimum Gasteiger partial charge on any atom is -0.494 e. The summed E-state index contributed by atoms with van der Waals surface area (Å²) in [5.74, 6) is 1.41. The number of fused-ring (bicyclic) bond motifs is 1. The van der Waals surface area contributed by atoms with Gasteiger partial charge in [-0.15, -0.1) is 0 Å². The van der Waals surface area contributed by atoms with Crippen molar-refractivity contribution in [2.24, 2.45) is 5.92 Å². The minimum atomic E-state index is -0.0331. The molecular weight excluding hydrogens is 350 g/mol.